The highest BCUT2D eigenvalue weighted by Gasteiger charge is 2.29. The standard InChI is InChI=1S/C17H21N3O/c1-2-3-10-17(19,13-7-5-4-6-8-13)14-9-11-20-15(12-14)16(18)21/h4-9,11-12H,2-3,10,19H2,1H3,(H2,18,21)/t17-/m1/s1. The number of aromatic nitrogens is 1. The number of nitrogens with zero attached hydrogens (tertiary/aromatic N) is 1. The zero-order valence-corrected chi connectivity index (χ0v) is 12.3. The molecule has 0 fully saturated rings. The van der Waals surface area contributed by atoms with E-state index in [1.165, 1.54) is 0 Å². The molecule has 4 nitrogen and oxygen atoms in total. The molecule has 2 aromatic rings. The summed E-state index contributed by atoms with van der Waals surface area (Å²) >= 11 is 0. The Balaban J connectivity index is 2.49. The number of benzene rings is 1. The molecule has 1 aromatic carbocycles. The Morgan fingerprint density at radius 1 is 1.19 bits per heavy atom. The molecule has 21 heavy (non-hydrogen) atoms. The quantitative estimate of drug-likeness (QED) is 0.854. The molecule has 1 heterocycles. The Hall–Kier alpha value is -2.20. The maximum absolute atomic E-state index is 11.3. The molecule has 0 spiro atoms. The highest BCUT2D eigenvalue weighted by atomic mass is 16.1. The van der Waals surface area contributed by atoms with Crippen molar-refractivity contribution in [3.8, 4) is 0 Å². The third-order valence-corrected chi connectivity index (χ3v) is 3.74. The fourth-order valence-corrected chi connectivity index (χ4v) is 2.49. The number of hydrogen-bond acceptors (Lipinski definition) is 3. The molecule has 0 aliphatic heterocycles. The zero-order chi connectivity index (χ0) is 15.3. The van der Waals surface area contributed by atoms with Gasteiger partial charge in [-0.15, -0.1) is 0 Å². The van der Waals surface area contributed by atoms with Crippen molar-refractivity contribution < 1.29 is 4.79 Å². The van der Waals surface area contributed by atoms with Gasteiger partial charge in [0.15, 0.2) is 0 Å². The van der Waals surface area contributed by atoms with E-state index in [1.807, 2.05) is 36.4 Å². The Morgan fingerprint density at radius 2 is 1.90 bits per heavy atom. The van der Waals surface area contributed by atoms with Crippen molar-refractivity contribution in [2.75, 3.05) is 0 Å². The number of primary amides is 1. The monoisotopic (exact) mass is 283 g/mol. The number of rotatable bonds is 6. The number of unbranched alkanes of at least 4 members (excludes halogenated alkanes) is 1. The van der Waals surface area contributed by atoms with Crippen LogP contribution in [-0.2, 0) is 5.54 Å². The van der Waals surface area contributed by atoms with Gasteiger partial charge in [0.1, 0.15) is 5.69 Å². The highest BCUT2D eigenvalue weighted by molar-refractivity contribution is 5.90. The largest absolute Gasteiger partial charge is 0.364 e. The van der Waals surface area contributed by atoms with E-state index >= 15 is 0 Å². The summed E-state index contributed by atoms with van der Waals surface area (Å²) in [4.78, 5) is 15.3. The first-order valence-electron chi connectivity index (χ1n) is 7.18. The van der Waals surface area contributed by atoms with Crippen molar-refractivity contribution in [2.24, 2.45) is 11.5 Å². The number of amides is 1. The summed E-state index contributed by atoms with van der Waals surface area (Å²) in [7, 11) is 0. The van der Waals surface area contributed by atoms with Crippen molar-refractivity contribution in [1.82, 2.24) is 4.98 Å². The summed E-state index contributed by atoms with van der Waals surface area (Å²) in [5.74, 6) is -0.539. The van der Waals surface area contributed by atoms with E-state index in [0.29, 0.717) is 0 Å². The SMILES string of the molecule is CCCC[C@@](N)(c1ccccc1)c1ccnc(C(N)=O)c1. The van der Waals surface area contributed by atoms with Crippen LogP contribution in [0.1, 0.15) is 47.8 Å². The predicted molar refractivity (Wildman–Crippen MR) is 83.7 cm³/mol. The molecule has 0 unspecified atom stereocenters. The molecule has 1 amide bonds. The Kier molecular flexibility index (Phi) is 4.70. The van der Waals surface area contributed by atoms with Crippen LogP contribution in [0.3, 0.4) is 0 Å². The maximum Gasteiger partial charge on any atom is 0.267 e. The smallest absolute Gasteiger partial charge is 0.267 e. The third kappa shape index (κ3) is 3.28. The van der Waals surface area contributed by atoms with Gasteiger partial charge in [0.05, 0.1) is 5.54 Å². The van der Waals surface area contributed by atoms with E-state index in [4.69, 9.17) is 11.5 Å². The first-order chi connectivity index (χ1) is 10.1. The molecule has 4 heteroatoms. The Labute approximate surface area is 125 Å². The van der Waals surface area contributed by atoms with Crippen LogP contribution in [0.4, 0.5) is 0 Å². The van der Waals surface area contributed by atoms with Crippen molar-refractivity contribution in [3.63, 3.8) is 0 Å². The molecular formula is C17H21N3O. The third-order valence-electron chi connectivity index (χ3n) is 3.74. The average molecular weight is 283 g/mol. The van der Waals surface area contributed by atoms with Gasteiger partial charge < -0.3 is 11.5 Å². The van der Waals surface area contributed by atoms with Crippen LogP contribution in [0.2, 0.25) is 0 Å². The van der Waals surface area contributed by atoms with Gasteiger partial charge in [0.25, 0.3) is 5.91 Å². The second kappa shape index (κ2) is 6.50. The average Bonchev–Trinajstić information content (AvgIpc) is 2.53. The summed E-state index contributed by atoms with van der Waals surface area (Å²) in [5, 5.41) is 0. The first-order valence-corrected chi connectivity index (χ1v) is 7.18. The molecule has 0 saturated heterocycles. The lowest BCUT2D eigenvalue weighted by Gasteiger charge is -2.31. The van der Waals surface area contributed by atoms with Gasteiger partial charge in [0, 0.05) is 6.20 Å². The predicted octanol–water partition coefficient (Wildman–Crippen LogP) is 2.57. The Bertz CT molecular complexity index is 612. The fraction of sp³-hybridized carbons (Fsp3) is 0.294. The van der Waals surface area contributed by atoms with Gasteiger partial charge in [-0.05, 0) is 29.7 Å². The van der Waals surface area contributed by atoms with E-state index in [1.54, 1.807) is 12.3 Å². The molecular weight excluding hydrogens is 262 g/mol. The summed E-state index contributed by atoms with van der Waals surface area (Å²) in [6.45, 7) is 2.13. The number of carbonyl (C=O) groups excluding carboxylic acids is 1. The summed E-state index contributed by atoms with van der Waals surface area (Å²) in [6.07, 6.45) is 4.45. The van der Waals surface area contributed by atoms with E-state index in [-0.39, 0.29) is 5.69 Å². The van der Waals surface area contributed by atoms with Crippen molar-refractivity contribution in [1.29, 1.82) is 0 Å². The van der Waals surface area contributed by atoms with Gasteiger partial charge in [-0.3, -0.25) is 9.78 Å². The van der Waals surface area contributed by atoms with E-state index < -0.39 is 11.4 Å². The molecule has 2 rings (SSSR count). The number of pyridine rings is 1. The molecule has 1 aromatic heterocycles. The summed E-state index contributed by atoms with van der Waals surface area (Å²) in [6, 6.07) is 13.5. The normalized spacial score (nSPS) is 13.6. The minimum atomic E-state index is -0.635. The van der Waals surface area contributed by atoms with Crippen LogP contribution in [0.25, 0.3) is 0 Å². The lowest BCUT2D eigenvalue weighted by atomic mass is 9.80. The van der Waals surface area contributed by atoms with Crippen molar-refractivity contribution >= 4 is 5.91 Å². The molecule has 0 aliphatic carbocycles. The molecule has 0 aliphatic rings. The maximum atomic E-state index is 11.3. The van der Waals surface area contributed by atoms with Crippen LogP contribution < -0.4 is 11.5 Å². The zero-order valence-electron chi connectivity index (χ0n) is 12.3. The Morgan fingerprint density at radius 3 is 2.52 bits per heavy atom. The van der Waals surface area contributed by atoms with Gasteiger partial charge in [-0.2, -0.15) is 0 Å². The molecule has 0 radical (unpaired) electrons. The summed E-state index contributed by atoms with van der Waals surface area (Å²) < 4.78 is 0. The molecule has 1 atom stereocenters. The van der Waals surface area contributed by atoms with E-state index in [9.17, 15) is 4.79 Å². The van der Waals surface area contributed by atoms with E-state index in [0.717, 1.165) is 30.4 Å². The number of hydrogen-bond donors (Lipinski definition) is 2. The summed E-state index contributed by atoms with van der Waals surface area (Å²) in [5.41, 5.74) is 13.5. The number of nitrogens with two attached hydrogens (primary N) is 2. The van der Waals surface area contributed by atoms with Crippen LogP contribution in [0.5, 0.6) is 0 Å². The fourth-order valence-electron chi connectivity index (χ4n) is 2.49. The lowest BCUT2D eigenvalue weighted by Crippen LogP contribution is -2.38. The van der Waals surface area contributed by atoms with Crippen LogP contribution >= 0.6 is 0 Å². The van der Waals surface area contributed by atoms with E-state index in [2.05, 4.69) is 11.9 Å². The number of carbonyl (C=O) groups is 1. The molecule has 0 saturated carbocycles. The minimum absolute atomic E-state index is 0.245. The van der Waals surface area contributed by atoms with Crippen molar-refractivity contribution in [2.45, 2.75) is 31.7 Å². The van der Waals surface area contributed by atoms with Gasteiger partial charge in [-0.25, -0.2) is 0 Å². The molecule has 0 bridgehead atoms. The van der Waals surface area contributed by atoms with Gasteiger partial charge in [0.2, 0.25) is 0 Å². The van der Waals surface area contributed by atoms with Crippen molar-refractivity contribution in [3.05, 3.63) is 65.5 Å². The highest BCUT2D eigenvalue weighted by Crippen LogP contribution is 2.32. The molecule has 4 N–H and O–H groups in total. The first kappa shape index (κ1) is 15.2. The van der Waals surface area contributed by atoms with Gasteiger partial charge in [-0.1, -0.05) is 50.1 Å². The van der Waals surface area contributed by atoms with Crippen LogP contribution in [0, 0.1) is 0 Å². The second-order valence-corrected chi connectivity index (χ2v) is 5.23. The topological polar surface area (TPSA) is 82.0 Å². The minimum Gasteiger partial charge on any atom is -0.364 e. The van der Waals surface area contributed by atoms with Gasteiger partial charge >= 0.3 is 0 Å². The molecule has 110 valence electrons. The lowest BCUT2D eigenvalue weighted by molar-refractivity contribution is 0.0995. The van der Waals surface area contributed by atoms with Crippen LogP contribution in [-0.4, -0.2) is 10.9 Å². The van der Waals surface area contributed by atoms with Crippen LogP contribution in [0.15, 0.2) is 48.7 Å². The second-order valence-electron chi connectivity index (χ2n) is 5.23.